The Balaban J connectivity index is 0.000000154. The number of anilines is 3. The summed E-state index contributed by atoms with van der Waals surface area (Å²) in [7, 11) is 7.24. The number of nitrogens with one attached hydrogen (secondary N) is 1. The molecule has 748 valence electrons. The van der Waals surface area contributed by atoms with E-state index in [2.05, 4.69) is 34.5 Å². The maximum absolute atomic E-state index is 14.8. The SMILES string of the molecule is CCOC(=O)CO.COC(=O)COC(=O)N1CCC2(CC1)C(=O)c1c(sc(-c3ncco3)c1C)N(C[C@H](OC1CCOCC1)c1ccccc1OC)C2=O.COC(=O)COC(=O)N1CCC2(CC1)C(=O)c1c(sc(-c3ncco3)c1C)N(C[C@H](OC1CCOCC1)c1ccccc1OC)C2=O.COc1ccccc1[C@H](CN1C(=O)C2(CCNCC2)C(=O)c2c1sc(-c1ncco1)c2C)OC1CCOCC1. The minimum atomic E-state index is -1.42. The molecule has 0 aliphatic carbocycles. The van der Waals surface area contributed by atoms with Gasteiger partial charge in [0.25, 0.3) is 0 Å². The second-order valence-corrected chi connectivity index (χ2v) is 37.7. The first kappa shape index (κ1) is 102. The van der Waals surface area contributed by atoms with E-state index in [9.17, 15) is 52.7 Å². The second kappa shape index (κ2) is 46.5. The maximum Gasteiger partial charge on any atom is 0.410 e. The molecule has 5 amide bonds. The molecule has 0 unspecified atom stereocenters. The first-order valence-electron chi connectivity index (χ1n) is 46.6. The number of rotatable bonds is 27. The molecular formula is C99H115N9O29S3. The number of esters is 3. The van der Waals surface area contributed by atoms with E-state index >= 15 is 0 Å². The van der Waals surface area contributed by atoms with Gasteiger partial charge in [-0.15, -0.1) is 34.0 Å². The summed E-state index contributed by atoms with van der Waals surface area (Å²) in [5.41, 5.74) is 2.13. The predicted octanol–water partition coefficient (Wildman–Crippen LogP) is 13.3. The van der Waals surface area contributed by atoms with Crippen molar-refractivity contribution in [1.29, 1.82) is 0 Å². The van der Waals surface area contributed by atoms with Gasteiger partial charge in [0.1, 0.15) is 92.2 Å². The lowest BCUT2D eigenvalue weighted by atomic mass is 9.69. The molecule has 6 aromatic heterocycles. The molecule has 38 nitrogen and oxygen atoms in total. The highest BCUT2D eigenvalue weighted by atomic mass is 32.1. The van der Waals surface area contributed by atoms with Gasteiger partial charge < -0.3 is 99.8 Å². The Labute approximate surface area is 819 Å². The van der Waals surface area contributed by atoms with Crippen LogP contribution in [0, 0.1) is 37.0 Å². The van der Waals surface area contributed by atoms with Crippen molar-refractivity contribution >= 4 is 114 Å². The number of carbonyl (C=O) groups excluding carboxylic acids is 11. The lowest BCUT2D eigenvalue weighted by molar-refractivity contribution is -0.146. The Bertz CT molecular complexity index is 5610. The van der Waals surface area contributed by atoms with Crippen LogP contribution in [0.2, 0.25) is 0 Å². The molecule has 3 spiro atoms. The van der Waals surface area contributed by atoms with E-state index in [-0.39, 0.29) is 125 Å². The molecule has 9 aliphatic heterocycles. The fourth-order valence-corrected chi connectivity index (χ4v) is 22.9. The van der Waals surface area contributed by atoms with Crippen molar-refractivity contribution in [2.24, 2.45) is 16.2 Å². The van der Waals surface area contributed by atoms with Crippen LogP contribution in [-0.2, 0) is 80.9 Å². The molecule has 15 heterocycles. The number of thiophene rings is 3. The molecule has 0 bridgehead atoms. The summed E-state index contributed by atoms with van der Waals surface area (Å²) in [6, 6.07) is 22.9. The van der Waals surface area contributed by atoms with E-state index in [1.54, 1.807) is 49.1 Å². The number of methoxy groups -OCH3 is 5. The largest absolute Gasteiger partial charge is 0.496 e. The third-order valence-corrected chi connectivity index (χ3v) is 30.7. The van der Waals surface area contributed by atoms with Crippen LogP contribution in [0.25, 0.3) is 32.3 Å². The zero-order valence-corrected chi connectivity index (χ0v) is 81.9. The Morgan fingerprint density at radius 2 is 0.736 bits per heavy atom. The van der Waals surface area contributed by atoms with Crippen LogP contribution in [0.3, 0.4) is 0 Å². The number of aromatic nitrogens is 3. The molecule has 140 heavy (non-hydrogen) atoms. The van der Waals surface area contributed by atoms with Crippen LogP contribution < -0.4 is 34.2 Å². The highest BCUT2D eigenvalue weighted by molar-refractivity contribution is 7.21. The molecule has 3 atom stereocenters. The summed E-state index contributed by atoms with van der Waals surface area (Å²) in [6.45, 7) is 11.7. The Morgan fingerprint density at radius 3 is 1.00 bits per heavy atom. The number of Topliss-reactive ketones (excluding diaryl/α,β-unsaturated/α-hetero) is 3. The third-order valence-electron chi connectivity index (χ3n) is 26.8. The molecule has 6 saturated heterocycles. The Kier molecular flexibility index (Phi) is 34.0. The number of likely N-dealkylation sites (tertiary alicyclic amines) is 2. The van der Waals surface area contributed by atoms with Crippen LogP contribution in [0.4, 0.5) is 24.6 Å². The number of benzene rings is 3. The molecule has 0 radical (unpaired) electrons. The molecule has 2 N–H and O–H groups in total. The number of oxazole rings is 3. The van der Waals surface area contributed by atoms with Crippen molar-refractivity contribution < 1.29 is 137 Å². The van der Waals surface area contributed by atoms with Crippen molar-refractivity contribution in [3.05, 3.63) is 160 Å². The minimum Gasteiger partial charge on any atom is -0.496 e. The van der Waals surface area contributed by atoms with E-state index in [0.717, 1.165) is 40.0 Å². The summed E-state index contributed by atoms with van der Waals surface area (Å²) in [6.07, 6.45) is 11.5. The Morgan fingerprint density at radius 1 is 0.436 bits per heavy atom. The van der Waals surface area contributed by atoms with Gasteiger partial charge in [0.2, 0.25) is 35.4 Å². The molecule has 9 aromatic rings. The quantitative estimate of drug-likeness (QED) is 0.0274. The van der Waals surface area contributed by atoms with E-state index < -0.39 is 84.5 Å². The van der Waals surface area contributed by atoms with E-state index in [4.69, 9.17) is 70.5 Å². The summed E-state index contributed by atoms with van der Waals surface area (Å²) < 4.78 is 94.4. The number of ketones is 3. The van der Waals surface area contributed by atoms with Crippen LogP contribution >= 0.6 is 34.0 Å². The van der Waals surface area contributed by atoms with Crippen molar-refractivity contribution in [2.45, 2.75) is 141 Å². The predicted molar refractivity (Wildman–Crippen MR) is 507 cm³/mol. The summed E-state index contributed by atoms with van der Waals surface area (Å²) in [5, 5.41) is 13.0. The fourth-order valence-electron chi connectivity index (χ4n) is 19.2. The average molecular weight is 1990 g/mol. The van der Waals surface area contributed by atoms with Gasteiger partial charge in [-0.3, -0.25) is 43.5 Å². The van der Waals surface area contributed by atoms with E-state index in [1.807, 2.05) is 93.6 Å². The van der Waals surface area contributed by atoms with Gasteiger partial charge in [0.15, 0.2) is 30.6 Å². The monoisotopic (exact) mass is 1990 g/mol. The van der Waals surface area contributed by atoms with Crippen LogP contribution in [-0.4, -0.2) is 274 Å². The Hall–Kier alpha value is -12.2. The first-order chi connectivity index (χ1) is 67.9. The molecule has 6 fully saturated rings. The van der Waals surface area contributed by atoms with Crippen molar-refractivity contribution in [1.82, 2.24) is 30.1 Å². The van der Waals surface area contributed by atoms with E-state index in [1.165, 1.54) is 89.2 Å². The number of aliphatic hydroxyl groups excluding tert-OH is 1. The molecule has 9 aliphatic rings. The lowest BCUT2D eigenvalue weighted by Gasteiger charge is -2.45. The van der Waals surface area contributed by atoms with Crippen molar-refractivity contribution in [2.75, 3.05) is 175 Å². The summed E-state index contributed by atoms with van der Waals surface area (Å²) in [4.78, 5) is 169. The lowest BCUT2D eigenvalue weighted by Crippen LogP contribution is -2.58. The number of carbonyl (C=O) groups is 11. The number of para-hydroxylation sites is 3. The van der Waals surface area contributed by atoms with E-state index in [0.29, 0.717) is 185 Å². The molecular weight excluding hydrogens is 1880 g/mol. The normalized spacial score (nSPS) is 18.6. The zero-order valence-electron chi connectivity index (χ0n) is 79.5. The van der Waals surface area contributed by atoms with Gasteiger partial charge >= 0.3 is 30.1 Å². The zero-order chi connectivity index (χ0) is 98.9. The van der Waals surface area contributed by atoms with Gasteiger partial charge in [0.05, 0.1) is 130 Å². The number of nitrogens with zero attached hydrogens (tertiary/aromatic N) is 8. The molecule has 0 saturated carbocycles. The average Bonchev–Trinajstić information content (AvgIpc) is 1.36. The fraction of sp³-hybridized carbons (Fsp3) is 0.495. The van der Waals surface area contributed by atoms with Gasteiger partial charge in [-0.1, -0.05) is 54.6 Å². The number of piperidine rings is 3. The number of hydrogen-bond donors (Lipinski definition) is 2. The number of aliphatic hydroxyl groups is 1. The smallest absolute Gasteiger partial charge is 0.410 e. The van der Waals surface area contributed by atoms with Crippen LogP contribution in [0.15, 0.2) is 123 Å². The summed E-state index contributed by atoms with van der Waals surface area (Å²) in [5.74, 6) is -0.344. The van der Waals surface area contributed by atoms with Gasteiger partial charge in [-0.25, -0.2) is 38.9 Å². The van der Waals surface area contributed by atoms with Crippen molar-refractivity contribution in [3.8, 4) is 49.6 Å². The second-order valence-electron chi connectivity index (χ2n) is 34.7. The number of hydrogen-bond acceptors (Lipinski definition) is 36. The van der Waals surface area contributed by atoms with Gasteiger partial charge in [-0.2, -0.15) is 0 Å². The van der Waals surface area contributed by atoms with Crippen LogP contribution in [0.1, 0.15) is 167 Å². The molecule has 3 aromatic carbocycles. The minimum absolute atomic E-state index is 0.00421. The van der Waals surface area contributed by atoms with Gasteiger partial charge in [0, 0.05) is 82.5 Å². The number of ether oxygens (including phenoxy) is 14. The number of fused-ring (bicyclic) bond motifs is 3. The van der Waals surface area contributed by atoms with Gasteiger partial charge in [-0.05, 0) is 153 Å². The highest BCUT2D eigenvalue weighted by Crippen LogP contribution is 2.57. The van der Waals surface area contributed by atoms with Crippen LogP contribution in [0.5, 0.6) is 17.2 Å². The highest BCUT2D eigenvalue weighted by Gasteiger charge is 2.60. The first-order valence-corrected chi connectivity index (χ1v) is 49.1. The standard InChI is InChI=1S/2C33H37N3O10S.C29H33N3O6S.C4H8O3/c2*1-20-26-28(38)33(10-13-35(14-11-33)32(40)45-19-25(37)42-3)31(39)36(30(26)47-27(20)29-34-12-17-44-29)18-24(46-21-8-15-43-16-9-21)22-6-4-5-7-23(22)41-2;1-18-23-25(33)29(9-11-30-12-10-29)28(34)32(27(23)39-24(18)26-31-13-16-37-26)17-22(38-19-7-14-36-15-8-19)20-5-3-4-6-21(20)35-2;1-2-7-4(6)3-5/h2*4-7,12,17,21,24H,8-11,13-16,18-19H2,1-3H3;3-6,13,16,19,22,30H,7-12,14-15,17H2,1-2H3;5H,2-3H2,1H3/t2*24-;22-;/m000./s1. The summed E-state index contributed by atoms with van der Waals surface area (Å²) >= 11 is 3.95. The maximum atomic E-state index is 14.8. The topological polar surface area (TPSA) is 444 Å². The molecule has 41 heteroatoms. The van der Waals surface area contributed by atoms with Crippen molar-refractivity contribution in [3.63, 3.8) is 0 Å². The third kappa shape index (κ3) is 21.7. The molecule has 18 rings (SSSR count). The number of amides is 5.